The van der Waals surface area contributed by atoms with Crippen LogP contribution in [0.2, 0.25) is 0 Å². The second-order valence-corrected chi connectivity index (χ2v) is 4.10. The molecule has 2 nitrogen and oxygen atoms in total. The summed E-state index contributed by atoms with van der Waals surface area (Å²) in [6, 6.07) is 0. The summed E-state index contributed by atoms with van der Waals surface area (Å²) in [6.07, 6.45) is 2.47. The summed E-state index contributed by atoms with van der Waals surface area (Å²) < 4.78 is 3.09. The first-order chi connectivity index (χ1) is 4.12. The van der Waals surface area contributed by atoms with E-state index < -0.39 is 0 Å². The largest absolute Gasteiger partial charge is 0.300 e. The van der Waals surface area contributed by atoms with E-state index in [1.807, 2.05) is 0 Å². The molecule has 0 aromatic heterocycles. The Labute approximate surface area is 59.5 Å². The molecule has 1 N–H and O–H groups in total. The number of nitrogens with one attached hydrogen (secondary N) is 1. The van der Waals surface area contributed by atoms with Gasteiger partial charge in [-0.05, 0) is 31.7 Å². The van der Waals surface area contributed by atoms with Gasteiger partial charge in [-0.3, -0.25) is 9.52 Å². The molecule has 3 heteroatoms. The van der Waals surface area contributed by atoms with Crippen molar-refractivity contribution in [1.29, 1.82) is 0 Å². The summed E-state index contributed by atoms with van der Waals surface area (Å²) in [7, 11) is 0. The van der Waals surface area contributed by atoms with Crippen LogP contribution in [0.4, 0.5) is 0 Å². The van der Waals surface area contributed by atoms with Gasteiger partial charge in [-0.25, -0.2) is 0 Å². The number of rotatable bonds is 2. The second-order valence-electron chi connectivity index (χ2n) is 2.71. The standard InChI is InChI=1S/C6H11NOS/c1-5(8)7-9-6(2)3-4-6/h3-4H2,1-2H3,(H,7,8). The van der Waals surface area contributed by atoms with E-state index >= 15 is 0 Å². The van der Waals surface area contributed by atoms with Crippen LogP contribution in [0.15, 0.2) is 0 Å². The minimum atomic E-state index is 0.0492. The fourth-order valence-corrected chi connectivity index (χ4v) is 1.17. The number of hydrogen-bond acceptors (Lipinski definition) is 2. The zero-order valence-corrected chi connectivity index (χ0v) is 6.55. The lowest BCUT2D eigenvalue weighted by atomic mass is 10.5. The molecule has 0 saturated heterocycles. The molecule has 1 rings (SSSR count). The topological polar surface area (TPSA) is 29.1 Å². The van der Waals surface area contributed by atoms with Crippen LogP contribution in [-0.4, -0.2) is 10.7 Å². The van der Waals surface area contributed by atoms with Crippen LogP contribution in [-0.2, 0) is 4.79 Å². The molecule has 1 saturated carbocycles. The predicted octanol–water partition coefficient (Wildman–Crippen LogP) is 1.32. The minimum absolute atomic E-state index is 0.0492. The highest BCUT2D eigenvalue weighted by Crippen LogP contribution is 2.46. The average Bonchev–Trinajstić information content (AvgIpc) is 2.45. The van der Waals surface area contributed by atoms with Gasteiger partial charge in [0.05, 0.1) is 0 Å². The highest BCUT2D eigenvalue weighted by atomic mass is 32.2. The maximum absolute atomic E-state index is 10.4. The maximum atomic E-state index is 10.4. The smallest absolute Gasteiger partial charge is 0.226 e. The lowest BCUT2D eigenvalue weighted by Gasteiger charge is -2.05. The number of hydrogen-bond donors (Lipinski definition) is 1. The van der Waals surface area contributed by atoms with Crippen LogP contribution in [0.5, 0.6) is 0 Å². The third-order valence-electron chi connectivity index (χ3n) is 1.40. The normalized spacial score (nSPS) is 21.1. The Kier molecular flexibility index (Phi) is 1.70. The van der Waals surface area contributed by atoms with E-state index in [1.54, 1.807) is 18.9 Å². The summed E-state index contributed by atoms with van der Waals surface area (Å²) in [5, 5.41) is 0. The molecular weight excluding hydrogens is 134 g/mol. The predicted molar refractivity (Wildman–Crippen MR) is 39.0 cm³/mol. The molecule has 0 aliphatic heterocycles. The van der Waals surface area contributed by atoms with E-state index in [0.717, 1.165) is 0 Å². The molecule has 0 atom stereocenters. The molecule has 0 heterocycles. The Balaban J connectivity index is 2.12. The summed E-state index contributed by atoms with van der Waals surface area (Å²) >= 11 is 1.55. The maximum Gasteiger partial charge on any atom is 0.226 e. The molecule has 0 radical (unpaired) electrons. The monoisotopic (exact) mass is 145 g/mol. The molecule has 0 unspecified atom stereocenters. The van der Waals surface area contributed by atoms with E-state index in [9.17, 15) is 4.79 Å². The van der Waals surface area contributed by atoms with Gasteiger partial charge < -0.3 is 0 Å². The van der Waals surface area contributed by atoms with Crippen LogP contribution in [0.1, 0.15) is 26.7 Å². The first-order valence-electron chi connectivity index (χ1n) is 3.07. The summed E-state index contributed by atoms with van der Waals surface area (Å²) in [5.74, 6) is 0.0492. The van der Waals surface area contributed by atoms with Crippen LogP contribution in [0.3, 0.4) is 0 Å². The van der Waals surface area contributed by atoms with Crippen LogP contribution < -0.4 is 4.72 Å². The zero-order valence-electron chi connectivity index (χ0n) is 5.73. The van der Waals surface area contributed by atoms with E-state index in [2.05, 4.69) is 11.6 Å². The van der Waals surface area contributed by atoms with Crippen molar-refractivity contribution in [2.75, 3.05) is 0 Å². The molecular formula is C6H11NOS. The number of amides is 1. The molecule has 0 aromatic carbocycles. The first kappa shape index (κ1) is 6.93. The third-order valence-corrected chi connectivity index (χ3v) is 2.69. The first-order valence-corrected chi connectivity index (χ1v) is 3.89. The van der Waals surface area contributed by atoms with E-state index in [1.165, 1.54) is 12.8 Å². The van der Waals surface area contributed by atoms with Crippen molar-refractivity contribution in [3.05, 3.63) is 0 Å². The lowest BCUT2D eigenvalue weighted by molar-refractivity contribution is -0.117. The molecule has 9 heavy (non-hydrogen) atoms. The van der Waals surface area contributed by atoms with Gasteiger partial charge in [0.25, 0.3) is 0 Å². The molecule has 0 spiro atoms. The highest BCUT2D eigenvalue weighted by molar-refractivity contribution is 7.99. The summed E-state index contributed by atoms with van der Waals surface area (Å²) in [4.78, 5) is 10.4. The van der Waals surface area contributed by atoms with Crippen LogP contribution in [0.25, 0.3) is 0 Å². The van der Waals surface area contributed by atoms with Crippen LogP contribution in [0, 0.1) is 0 Å². The third kappa shape index (κ3) is 2.26. The fourth-order valence-electron chi connectivity index (χ4n) is 0.473. The fraction of sp³-hybridized carbons (Fsp3) is 0.833. The van der Waals surface area contributed by atoms with Crippen molar-refractivity contribution >= 4 is 17.9 Å². The van der Waals surface area contributed by atoms with Gasteiger partial charge in [-0.2, -0.15) is 0 Å². The van der Waals surface area contributed by atoms with Crippen molar-refractivity contribution < 1.29 is 4.79 Å². The Morgan fingerprint density at radius 3 is 2.56 bits per heavy atom. The van der Waals surface area contributed by atoms with Gasteiger partial charge in [0.2, 0.25) is 5.91 Å². The second kappa shape index (κ2) is 2.21. The van der Waals surface area contributed by atoms with E-state index in [0.29, 0.717) is 4.75 Å². The summed E-state index contributed by atoms with van der Waals surface area (Å²) in [5.41, 5.74) is 0. The number of carbonyl (C=O) groups excluding carboxylic acids is 1. The van der Waals surface area contributed by atoms with Gasteiger partial charge in [0, 0.05) is 11.7 Å². The van der Waals surface area contributed by atoms with Gasteiger partial charge in [0.15, 0.2) is 0 Å². The molecule has 52 valence electrons. The molecule has 1 fully saturated rings. The van der Waals surface area contributed by atoms with Crippen LogP contribution >= 0.6 is 11.9 Å². The Morgan fingerprint density at radius 2 is 2.22 bits per heavy atom. The Morgan fingerprint density at radius 1 is 1.67 bits per heavy atom. The molecule has 0 aromatic rings. The average molecular weight is 145 g/mol. The molecule has 1 aliphatic rings. The highest BCUT2D eigenvalue weighted by Gasteiger charge is 2.38. The van der Waals surface area contributed by atoms with Gasteiger partial charge in [0.1, 0.15) is 0 Å². The van der Waals surface area contributed by atoms with Crippen molar-refractivity contribution in [2.24, 2.45) is 0 Å². The lowest BCUT2D eigenvalue weighted by Crippen LogP contribution is -2.15. The van der Waals surface area contributed by atoms with E-state index in [4.69, 9.17) is 0 Å². The quantitative estimate of drug-likeness (QED) is 0.594. The van der Waals surface area contributed by atoms with Crippen molar-refractivity contribution in [1.82, 2.24) is 4.72 Å². The summed E-state index contributed by atoms with van der Waals surface area (Å²) in [6.45, 7) is 3.70. The molecule has 1 amide bonds. The Hall–Kier alpha value is -0.180. The SMILES string of the molecule is CC(=O)NSC1(C)CC1. The number of carbonyl (C=O) groups is 1. The van der Waals surface area contributed by atoms with Crippen molar-refractivity contribution in [3.63, 3.8) is 0 Å². The van der Waals surface area contributed by atoms with Crippen molar-refractivity contribution in [3.8, 4) is 0 Å². The molecule has 1 aliphatic carbocycles. The van der Waals surface area contributed by atoms with Crippen molar-refractivity contribution in [2.45, 2.75) is 31.4 Å². The Bertz CT molecular complexity index is 131. The van der Waals surface area contributed by atoms with E-state index in [-0.39, 0.29) is 5.91 Å². The minimum Gasteiger partial charge on any atom is -0.300 e. The van der Waals surface area contributed by atoms with Gasteiger partial charge in [-0.1, -0.05) is 0 Å². The van der Waals surface area contributed by atoms with Gasteiger partial charge in [-0.15, -0.1) is 0 Å². The zero-order chi connectivity index (χ0) is 6.91. The van der Waals surface area contributed by atoms with Gasteiger partial charge >= 0.3 is 0 Å². The molecule has 0 bridgehead atoms.